The minimum Gasteiger partial charge on any atom is -0.484 e. The third kappa shape index (κ3) is 2.59. The summed E-state index contributed by atoms with van der Waals surface area (Å²) < 4.78 is 11.4. The van der Waals surface area contributed by atoms with E-state index in [4.69, 9.17) is 9.15 Å². The van der Waals surface area contributed by atoms with Gasteiger partial charge in [-0.15, -0.1) is 0 Å². The van der Waals surface area contributed by atoms with Gasteiger partial charge in [-0.1, -0.05) is 18.2 Å². The quantitative estimate of drug-likeness (QED) is 0.856. The van der Waals surface area contributed by atoms with Crippen LogP contribution < -0.4 is 4.74 Å². The summed E-state index contributed by atoms with van der Waals surface area (Å²) in [5.41, 5.74) is 1.10. The fourth-order valence-electron chi connectivity index (χ4n) is 1.21. The maximum absolute atomic E-state index is 5.56. The van der Waals surface area contributed by atoms with Crippen molar-refractivity contribution in [2.75, 3.05) is 0 Å². The van der Waals surface area contributed by atoms with Crippen LogP contribution in [0.15, 0.2) is 39.5 Å². The molecule has 0 fully saturated rings. The number of hydrogen-bond acceptors (Lipinski definition) is 3. The molecule has 0 atom stereocenters. The molecule has 0 aliphatic carbocycles. The van der Waals surface area contributed by atoms with Gasteiger partial charge in [0.25, 0.3) is 0 Å². The molecule has 0 bridgehead atoms. The Balaban J connectivity index is 2.02. The molecule has 2 aromatic rings. The van der Waals surface area contributed by atoms with Gasteiger partial charge in [0, 0.05) is 0 Å². The van der Waals surface area contributed by atoms with Crippen molar-refractivity contribution in [3.8, 4) is 5.75 Å². The minimum atomic E-state index is 0.344. The molecular weight excluding hydrogens is 258 g/mol. The molecule has 0 aliphatic heterocycles. The zero-order valence-electron chi connectivity index (χ0n) is 8.24. The number of halogens is 1. The van der Waals surface area contributed by atoms with Crippen LogP contribution in [0.3, 0.4) is 0 Å². The summed E-state index contributed by atoms with van der Waals surface area (Å²) in [5.74, 6) is 1.41. The lowest BCUT2D eigenvalue weighted by atomic mass is 10.2. The van der Waals surface area contributed by atoms with Crippen molar-refractivity contribution >= 4 is 15.9 Å². The number of nitrogens with zero attached hydrogens (tertiary/aromatic N) is 1. The van der Waals surface area contributed by atoms with Gasteiger partial charge in [-0.3, -0.25) is 0 Å². The molecule has 78 valence electrons. The average molecular weight is 268 g/mol. The van der Waals surface area contributed by atoms with Gasteiger partial charge in [0.1, 0.15) is 16.6 Å². The highest BCUT2D eigenvalue weighted by Crippen LogP contribution is 2.18. The first-order valence-corrected chi connectivity index (χ1v) is 5.33. The van der Waals surface area contributed by atoms with Crippen molar-refractivity contribution < 1.29 is 9.15 Å². The molecule has 2 rings (SSSR count). The molecule has 0 saturated carbocycles. The Morgan fingerprint density at radius 3 is 2.87 bits per heavy atom. The van der Waals surface area contributed by atoms with Gasteiger partial charge in [-0.2, -0.15) is 0 Å². The number of aryl methyl sites for hydroxylation is 1. The molecule has 0 radical (unpaired) electrons. The van der Waals surface area contributed by atoms with Crippen LogP contribution in [0.1, 0.15) is 11.5 Å². The van der Waals surface area contributed by atoms with Crippen molar-refractivity contribution in [1.82, 2.24) is 4.98 Å². The van der Waals surface area contributed by atoms with Crippen LogP contribution in [0.25, 0.3) is 0 Å². The van der Waals surface area contributed by atoms with Crippen molar-refractivity contribution in [3.63, 3.8) is 0 Å². The summed E-state index contributed by atoms with van der Waals surface area (Å²) in [5, 5.41) is 0. The standard InChI is InChI=1S/C11H10BrNO2/c1-8-4-2-3-5-9(8)14-7-11-13-10(12)6-15-11/h2-6H,7H2,1H3. The summed E-state index contributed by atoms with van der Waals surface area (Å²) in [6.07, 6.45) is 1.54. The number of rotatable bonds is 3. The number of benzene rings is 1. The predicted octanol–water partition coefficient (Wildman–Crippen LogP) is 3.32. The first-order valence-electron chi connectivity index (χ1n) is 4.54. The van der Waals surface area contributed by atoms with Gasteiger partial charge in [-0.05, 0) is 34.5 Å². The van der Waals surface area contributed by atoms with Gasteiger partial charge >= 0.3 is 0 Å². The third-order valence-electron chi connectivity index (χ3n) is 1.97. The van der Waals surface area contributed by atoms with Crippen molar-refractivity contribution in [2.45, 2.75) is 13.5 Å². The number of aromatic nitrogens is 1. The average Bonchev–Trinajstić information content (AvgIpc) is 2.63. The second-order valence-corrected chi connectivity index (χ2v) is 3.93. The molecule has 1 aromatic carbocycles. The fourth-order valence-corrected chi connectivity index (χ4v) is 1.50. The van der Waals surface area contributed by atoms with E-state index < -0.39 is 0 Å². The van der Waals surface area contributed by atoms with E-state index in [1.807, 2.05) is 31.2 Å². The molecular formula is C11H10BrNO2. The Labute approximate surface area is 96.2 Å². The zero-order chi connectivity index (χ0) is 10.7. The molecule has 0 saturated heterocycles. The van der Waals surface area contributed by atoms with Gasteiger partial charge in [0.05, 0.1) is 0 Å². The molecule has 0 amide bonds. The molecule has 0 N–H and O–H groups in total. The van der Waals surface area contributed by atoms with Gasteiger partial charge in [0.2, 0.25) is 5.89 Å². The highest BCUT2D eigenvalue weighted by Gasteiger charge is 2.03. The Hall–Kier alpha value is -1.29. The van der Waals surface area contributed by atoms with Crippen LogP contribution in [0.4, 0.5) is 0 Å². The maximum atomic E-state index is 5.56. The van der Waals surface area contributed by atoms with Crippen LogP contribution >= 0.6 is 15.9 Å². The normalized spacial score (nSPS) is 10.3. The van der Waals surface area contributed by atoms with Gasteiger partial charge in [0.15, 0.2) is 6.61 Å². The van der Waals surface area contributed by atoms with Crippen LogP contribution in [0.2, 0.25) is 0 Å². The van der Waals surface area contributed by atoms with Gasteiger partial charge < -0.3 is 9.15 Å². The Morgan fingerprint density at radius 2 is 2.20 bits per heavy atom. The van der Waals surface area contributed by atoms with E-state index in [1.165, 1.54) is 6.26 Å². The van der Waals surface area contributed by atoms with Crippen molar-refractivity contribution in [2.24, 2.45) is 0 Å². The van der Waals surface area contributed by atoms with Crippen molar-refractivity contribution in [1.29, 1.82) is 0 Å². The van der Waals surface area contributed by atoms with Gasteiger partial charge in [-0.25, -0.2) is 4.98 Å². The van der Waals surface area contributed by atoms with E-state index >= 15 is 0 Å². The first-order chi connectivity index (χ1) is 7.25. The highest BCUT2D eigenvalue weighted by atomic mass is 79.9. The lowest BCUT2D eigenvalue weighted by molar-refractivity contribution is 0.261. The summed E-state index contributed by atoms with van der Waals surface area (Å²) >= 11 is 3.21. The minimum absolute atomic E-state index is 0.344. The number of para-hydroxylation sites is 1. The van der Waals surface area contributed by atoms with E-state index in [2.05, 4.69) is 20.9 Å². The van der Waals surface area contributed by atoms with Crippen LogP contribution in [0, 0.1) is 6.92 Å². The highest BCUT2D eigenvalue weighted by molar-refractivity contribution is 9.10. The largest absolute Gasteiger partial charge is 0.484 e. The molecule has 3 nitrogen and oxygen atoms in total. The lowest BCUT2D eigenvalue weighted by Gasteiger charge is -2.05. The van der Waals surface area contributed by atoms with Crippen LogP contribution in [-0.4, -0.2) is 4.98 Å². The van der Waals surface area contributed by atoms with E-state index in [1.54, 1.807) is 0 Å². The molecule has 0 spiro atoms. The van der Waals surface area contributed by atoms with Crippen LogP contribution in [-0.2, 0) is 6.61 Å². The molecule has 15 heavy (non-hydrogen) atoms. The Bertz CT molecular complexity index is 453. The monoisotopic (exact) mass is 267 g/mol. The van der Waals surface area contributed by atoms with E-state index in [0.717, 1.165) is 11.3 Å². The Kier molecular flexibility index (Phi) is 3.06. The topological polar surface area (TPSA) is 35.3 Å². The SMILES string of the molecule is Cc1ccccc1OCc1nc(Br)co1. The summed E-state index contributed by atoms with van der Waals surface area (Å²) in [7, 11) is 0. The maximum Gasteiger partial charge on any atom is 0.233 e. The zero-order valence-corrected chi connectivity index (χ0v) is 9.82. The third-order valence-corrected chi connectivity index (χ3v) is 2.33. The summed E-state index contributed by atoms with van der Waals surface area (Å²) in [6, 6.07) is 7.84. The Morgan fingerprint density at radius 1 is 1.40 bits per heavy atom. The number of ether oxygens (including phenoxy) is 1. The summed E-state index contributed by atoms with van der Waals surface area (Å²) in [4.78, 5) is 4.08. The lowest BCUT2D eigenvalue weighted by Crippen LogP contribution is -1.96. The van der Waals surface area contributed by atoms with E-state index in [9.17, 15) is 0 Å². The molecule has 4 heteroatoms. The first kappa shape index (κ1) is 10.2. The molecule has 0 unspecified atom stereocenters. The van der Waals surface area contributed by atoms with Crippen molar-refractivity contribution in [3.05, 3.63) is 46.6 Å². The molecule has 0 aliphatic rings. The molecule has 1 aromatic heterocycles. The smallest absolute Gasteiger partial charge is 0.233 e. The fraction of sp³-hybridized carbons (Fsp3) is 0.182. The predicted molar refractivity (Wildman–Crippen MR) is 59.7 cm³/mol. The van der Waals surface area contributed by atoms with E-state index in [0.29, 0.717) is 17.1 Å². The molecule has 1 heterocycles. The van der Waals surface area contributed by atoms with E-state index in [-0.39, 0.29) is 0 Å². The number of oxazole rings is 1. The second-order valence-electron chi connectivity index (χ2n) is 3.12. The van der Waals surface area contributed by atoms with Crippen LogP contribution in [0.5, 0.6) is 5.75 Å². The summed E-state index contributed by atoms with van der Waals surface area (Å²) in [6.45, 7) is 2.34. The number of hydrogen-bond donors (Lipinski definition) is 0. The second kappa shape index (κ2) is 4.49.